The smallest absolute Gasteiger partial charge is 0.251 e. The number of carbonyl (C=O) groups excluding carboxylic acids is 1. The number of halogens is 1. The summed E-state index contributed by atoms with van der Waals surface area (Å²) < 4.78 is 11.5. The third kappa shape index (κ3) is 4.66. The summed E-state index contributed by atoms with van der Waals surface area (Å²) in [7, 11) is 3.26. The highest BCUT2D eigenvalue weighted by atomic mass is 79.9. The van der Waals surface area contributed by atoms with Crippen LogP contribution in [0.25, 0.3) is 0 Å². The SMILES string of the molecule is COC(C)C(=O)N(C)CCOc1ccc(Br)cc1. The maximum atomic E-state index is 11.7. The Labute approximate surface area is 116 Å². The lowest BCUT2D eigenvalue weighted by Gasteiger charge is -2.20. The molecular formula is C13H18BrNO3. The molecule has 1 aromatic carbocycles. The highest BCUT2D eigenvalue weighted by Crippen LogP contribution is 2.15. The second-order valence-electron chi connectivity index (χ2n) is 3.94. The number of benzene rings is 1. The van der Waals surface area contributed by atoms with Crippen LogP contribution in [0.1, 0.15) is 6.92 Å². The molecule has 0 saturated carbocycles. The van der Waals surface area contributed by atoms with Crippen LogP contribution in [0, 0.1) is 0 Å². The van der Waals surface area contributed by atoms with E-state index >= 15 is 0 Å². The van der Waals surface area contributed by atoms with Gasteiger partial charge in [-0.3, -0.25) is 4.79 Å². The molecule has 0 fully saturated rings. The fourth-order valence-corrected chi connectivity index (χ4v) is 1.62. The van der Waals surface area contributed by atoms with Crippen LogP contribution in [0.4, 0.5) is 0 Å². The molecule has 18 heavy (non-hydrogen) atoms. The van der Waals surface area contributed by atoms with Gasteiger partial charge in [0.05, 0.1) is 6.54 Å². The van der Waals surface area contributed by atoms with Crippen molar-refractivity contribution < 1.29 is 14.3 Å². The normalized spacial score (nSPS) is 12.0. The molecule has 0 aliphatic heterocycles. The van der Waals surface area contributed by atoms with Crippen molar-refractivity contribution in [1.82, 2.24) is 4.90 Å². The lowest BCUT2D eigenvalue weighted by atomic mass is 10.3. The predicted molar refractivity (Wildman–Crippen MR) is 73.7 cm³/mol. The van der Waals surface area contributed by atoms with Gasteiger partial charge in [-0.2, -0.15) is 0 Å². The van der Waals surface area contributed by atoms with Gasteiger partial charge in [0.2, 0.25) is 0 Å². The van der Waals surface area contributed by atoms with Gasteiger partial charge in [0, 0.05) is 18.6 Å². The van der Waals surface area contributed by atoms with Crippen molar-refractivity contribution in [2.45, 2.75) is 13.0 Å². The number of methoxy groups -OCH3 is 1. The Bertz CT molecular complexity index is 380. The number of amides is 1. The second-order valence-corrected chi connectivity index (χ2v) is 4.86. The van der Waals surface area contributed by atoms with E-state index in [-0.39, 0.29) is 5.91 Å². The number of carbonyl (C=O) groups is 1. The molecule has 0 N–H and O–H groups in total. The van der Waals surface area contributed by atoms with Gasteiger partial charge in [0.25, 0.3) is 5.91 Å². The first-order chi connectivity index (χ1) is 8.54. The molecule has 0 saturated heterocycles. The van der Waals surface area contributed by atoms with E-state index in [1.807, 2.05) is 24.3 Å². The Morgan fingerprint density at radius 3 is 2.56 bits per heavy atom. The molecular weight excluding hydrogens is 298 g/mol. The number of nitrogens with zero attached hydrogens (tertiary/aromatic N) is 1. The molecule has 0 bridgehead atoms. The third-order valence-corrected chi connectivity index (χ3v) is 3.12. The minimum absolute atomic E-state index is 0.0445. The molecule has 1 atom stereocenters. The van der Waals surface area contributed by atoms with E-state index in [1.54, 1.807) is 18.9 Å². The van der Waals surface area contributed by atoms with E-state index in [9.17, 15) is 4.79 Å². The molecule has 4 nitrogen and oxygen atoms in total. The standard InChI is InChI=1S/C13H18BrNO3/c1-10(17-3)13(16)15(2)8-9-18-12-6-4-11(14)5-7-12/h4-7,10H,8-9H2,1-3H3. The number of likely N-dealkylation sites (N-methyl/N-ethyl adjacent to an activating group) is 1. The lowest BCUT2D eigenvalue weighted by Crippen LogP contribution is -2.38. The number of hydrogen-bond donors (Lipinski definition) is 0. The van der Waals surface area contributed by atoms with Crippen LogP contribution >= 0.6 is 15.9 Å². The van der Waals surface area contributed by atoms with Crippen LogP contribution in [0.3, 0.4) is 0 Å². The van der Waals surface area contributed by atoms with Crippen molar-refractivity contribution >= 4 is 21.8 Å². The van der Waals surface area contributed by atoms with Crippen molar-refractivity contribution in [3.05, 3.63) is 28.7 Å². The zero-order valence-corrected chi connectivity index (χ0v) is 12.4. The van der Waals surface area contributed by atoms with Crippen molar-refractivity contribution in [1.29, 1.82) is 0 Å². The molecule has 100 valence electrons. The molecule has 0 aliphatic rings. The number of rotatable bonds is 6. The summed E-state index contributed by atoms with van der Waals surface area (Å²) in [4.78, 5) is 13.3. The lowest BCUT2D eigenvalue weighted by molar-refractivity contribution is -0.139. The molecule has 0 aromatic heterocycles. The Balaban J connectivity index is 2.33. The van der Waals surface area contributed by atoms with Crippen LogP contribution < -0.4 is 4.74 Å². The van der Waals surface area contributed by atoms with E-state index < -0.39 is 6.10 Å². The summed E-state index contributed by atoms with van der Waals surface area (Å²) in [6, 6.07) is 7.59. The first kappa shape index (κ1) is 15.0. The average molecular weight is 316 g/mol. The average Bonchev–Trinajstić information content (AvgIpc) is 2.39. The minimum atomic E-state index is -0.414. The van der Waals surface area contributed by atoms with Crippen molar-refractivity contribution in [3.8, 4) is 5.75 Å². The van der Waals surface area contributed by atoms with E-state index in [4.69, 9.17) is 9.47 Å². The van der Waals surface area contributed by atoms with E-state index in [2.05, 4.69) is 15.9 Å². The molecule has 0 radical (unpaired) electrons. The van der Waals surface area contributed by atoms with Gasteiger partial charge in [0.15, 0.2) is 0 Å². The van der Waals surface area contributed by atoms with E-state index in [1.165, 1.54) is 7.11 Å². The first-order valence-corrected chi connectivity index (χ1v) is 6.50. The van der Waals surface area contributed by atoms with Crippen LogP contribution in [-0.4, -0.2) is 44.2 Å². The highest BCUT2D eigenvalue weighted by Gasteiger charge is 2.16. The van der Waals surface area contributed by atoms with E-state index in [0.717, 1.165) is 10.2 Å². The fourth-order valence-electron chi connectivity index (χ4n) is 1.35. The summed E-state index contributed by atoms with van der Waals surface area (Å²) in [5.41, 5.74) is 0. The minimum Gasteiger partial charge on any atom is -0.492 e. The molecule has 0 heterocycles. The predicted octanol–water partition coefficient (Wildman–Crippen LogP) is 2.32. The monoisotopic (exact) mass is 315 g/mol. The van der Waals surface area contributed by atoms with Gasteiger partial charge in [-0.05, 0) is 31.2 Å². The van der Waals surface area contributed by atoms with Crippen LogP contribution in [0.15, 0.2) is 28.7 Å². The van der Waals surface area contributed by atoms with Gasteiger partial charge in [-0.25, -0.2) is 0 Å². The van der Waals surface area contributed by atoms with Gasteiger partial charge >= 0.3 is 0 Å². The Morgan fingerprint density at radius 1 is 1.39 bits per heavy atom. The second kappa shape index (κ2) is 7.38. The summed E-state index contributed by atoms with van der Waals surface area (Å²) >= 11 is 3.36. The Hall–Kier alpha value is -1.07. The van der Waals surface area contributed by atoms with Crippen LogP contribution in [0.2, 0.25) is 0 Å². The summed E-state index contributed by atoms with van der Waals surface area (Å²) in [5.74, 6) is 0.746. The quantitative estimate of drug-likeness (QED) is 0.808. The Morgan fingerprint density at radius 2 is 2.00 bits per heavy atom. The van der Waals surface area contributed by atoms with Gasteiger partial charge < -0.3 is 14.4 Å². The van der Waals surface area contributed by atoms with Gasteiger partial charge in [-0.1, -0.05) is 15.9 Å². The summed E-state index contributed by atoms with van der Waals surface area (Å²) in [6.07, 6.45) is -0.414. The van der Waals surface area contributed by atoms with Gasteiger partial charge in [0.1, 0.15) is 18.5 Å². The topological polar surface area (TPSA) is 38.8 Å². The molecule has 0 spiro atoms. The van der Waals surface area contributed by atoms with Crippen LogP contribution in [0.5, 0.6) is 5.75 Å². The van der Waals surface area contributed by atoms with Crippen molar-refractivity contribution in [2.75, 3.05) is 27.3 Å². The Kier molecular flexibility index (Phi) is 6.15. The molecule has 1 aromatic rings. The van der Waals surface area contributed by atoms with Crippen LogP contribution in [-0.2, 0) is 9.53 Å². The zero-order chi connectivity index (χ0) is 13.5. The molecule has 0 aliphatic carbocycles. The maximum Gasteiger partial charge on any atom is 0.251 e. The first-order valence-electron chi connectivity index (χ1n) is 5.70. The fraction of sp³-hybridized carbons (Fsp3) is 0.462. The zero-order valence-electron chi connectivity index (χ0n) is 10.9. The highest BCUT2D eigenvalue weighted by molar-refractivity contribution is 9.10. The third-order valence-electron chi connectivity index (χ3n) is 2.59. The van der Waals surface area contributed by atoms with Crippen molar-refractivity contribution in [3.63, 3.8) is 0 Å². The number of hydrogen-bond acceptors (Lipinski definition) is 3. The molecule has 1 unspecified atom stereocenters. The molecule has 1 rings (SSSR count). The maximum absolute atomic E-state index is 11.7. The largest absolute Gasteiger partial charge is 0.492 e. The molecule has 5 heteroatoms. The van der Waals surface area contributed by atoms with Gasteiger partial charge in [-0.15, -0.1) is 0 Å². The number of ether oxygens (including phenoxy) is 2. The van der Waals surface area contributed by atoms with E-state index in [0.29, 0.717) is 13.2 Å². The summed E-state index contributed by atoms with van der Waals surface area (Å²) in [5, 5.41) is 0. The summed E-state index contributed by atoms with van der Waals surface area (Å²) in [6.45, 7) is 2.72. The van der Waals surface area contributed by atoms with Crippen molar-refractivity contribution in [2.24, 2.45) is 0 Å². The molecule has 1 amide bonds.